The van der Waals surface area contributed by atoms with Crippen LogP contribution in [0.25, 0.3) is 0 Å². The lowest BCUT2D eigenvalue weighted by atomic mass is 9.76. The zero-order valence-corrected chi connectivity index (χ0v) is 12.6. The van der Waals surface area contributed by atoms with Crippen molar-refractivity contribution in [1.82, 2.24) is 20.2 Å². The molecule has 0 radical (unpaired) electrons. The van der Waals surface area contributed by atoms with E-state index in [4.69, 9.17) is 5.11 Å². The number of hydrogen-bond acceptors (Lipinski definition) is 3. The second-order valence-electron chi connectivity index (χ2n) is 5.70. The number of urea groups is 1. The lowest BCUT2D eigenvalue weighted by Crippen LogP contribution is -2.56. The molecule has 0 atom stereocenters. The molecule has 116 valence electrons. The van der Waals surface area contributed by atoms with E-state index < -0.39 is 11.5 Å². The van der Waals surface area contributed by atoms with Crippen LogP contribution < -0.4 is 5.32 Å². The molecular formula is C14H22N4O3. The summed E-state index contributed by atoms with van der Waals surface area (Å²) >= 11 is 0. The first-order valence-corrected chi connectivity index (χ1v) is 7.27. The monoisotopic (exact) mass is 294 g/mol. The molecule has 21 heavy (non-hydrogen) atoms. The van der Waals surface area contributed by atoms with Crippen molar-refractivity contribution in [3.05, 3.63) is 17.7 Å². The van der Waals surface area contributed by atoms with Crippen molar-refractivity contribution in [2.24, 2.45) is 0 Å². The molecule has 1 aromatic heterocycles. The van der Waals surface area contributed by atoms with Gasteiger partial charge in [0.1, 0.15) is 11.5 Å². The molecule has 7 nitrogen and oxygen atoms in total. The maximum absolute atomic E-state index is 12.4. The summed E-state index contributed by atoms with van der Waals surface area (Å²) in [5.41, 5.74) is -0.519. The van der Waals surface area contributed by atoms with Gasteiger partial charge in [0.05, 0.1) is 11.7 Å². The maximum atomic E-state index is 12.4. The Morgan fingerprint density at radius 2 is 2.19 bits per heavy atom. The summed E-state index contributed by atoms with van der Waals surface area (Å²) in [6.07, 6.45) is 3.81. The second kappa shape index (κ2) is 5.75. The predicted molar refractivity (Wildman–Crippen MR) is 77.1 cm³/mol. The number of aromatic nitrogens is 2. The van der Waals surface area contributed by atoms with Crippen LogP contribution in [0.15, 0.2) is 6.20 Å². The first-order chi connectivity index (χ1) is 9.89. The third kappa shape index (κ3) is 2.86. The molecular weight excluding hydrogens is 272 g/mol. The van der Waals surface area contributed by atoms with Gasteiger partial charge in [0.2, 0.25) is 0 Å². The van der Waals surface area contributed by atoms with Gasteiger partial charge in [0, 0.05) is 12.6 Å². The number of aromatic amines is 1. The van der Waals surface area contributed by atoms with Crippen LogP contribution in [0.4, 0.5) is 4.79 Å². The second-order valence-corrected chi connectivity index (χ2v) is 5.70. The molecule has 1 aromatic rings. The van der Waals surface area contributed by atoms with E-state index >= 15 is 0 Å². The van der Waals surface area contributed by atoms with Crippen LogP contribution in [0.1, 0.15) is 56.3 Å². The summed E-state index contributed by atoms with van der Waals surface area (Å²) in [4.78, 5) is 32.0. The smallest absolute Gasteiger partial charge is 0.353 e. The minimum atomic E-state index is -1.05. The summed E-state index contributed by atoms with van der Waals surface area (Å²) in [5.74, 6) is -0.522. The Morgan fingerprint density at radius 1 is 1.52 bits per heavy atom. The quantitative estimate of drug-likeness (QED) is 0.772. The number of amides is 2. The van der Waals surface area contributed by atoms with Crippen molar-refractivity contribution < 1.29 is 14.7 Å². The predicted octanol–water partition coefficient (Wildman–Crippen LogP) is 1.93. The van der Waals surface area contributed by atoms with Gasteiger partial charge in [-0.25, -0.2) is 14.6 Å². The van der Waals surface area contributed by atoms with E-state index in [1.807, 2.05) is 20.8 Å². The number of nitrogens with zero attached hydrogens (tertiary/aromatic N) is 2. The van der Waals surface area contributed by atoms with Crippen molar-refractivity contribution in [2.45, 2.75) is 51.6 Å². The molecule has 0 unspecified atom stereocenters. The van der Waals surface area contributed by atoms with Gasteiger partial charge in [-0.05, 0) is 40.0 Å². The Labute approximate surface area is 123 Å². The average Bonchev–Trinajstić information content (AvgIpc) is 2.84. The van der Waals surface area contributed by atoms with Crippen molar-refractivity contribution in [3.8, 4) is 0 Å². The molecule has 0 bridgehead atoms. The van der Waals surface area contributed by atoms with E-state index in [0.717, 1.165) is 19.3 Å². The highest BCUT2D eigenvalue weighted by atomic mass is 16.4. The zero-order valence-electron chi connectivity index (χ0n) is 12.6. The minimum Gasteiger partial charge on any atom is -0.477 e. The lowest BCUT2D eigenvalue weighted by molar-refractivity contribution is 0.0690. The van der Waals surface area contributed by atoms with Crippen molar-refractivity contribution in [2.75, 3.05) is 6.54 Å². The van der Waals surface area contributed by atoms with Crippen LogP contribution in [0.3, 0.4) is 0 Å². The fraction of sp³-hybridized carbons (Fsp3) is 0.643. The summed E-state index contributed by atoms with van der Waals surface area (Å²) in [7, 11) is 0. The minimum absolute atomic E-state index is 0.0433. The molecule has 0 aliphatic heterocycles. The topological polar surface area (TPSA) is 98.3 Å². The van der Waals surface area contributed by atoms with Gasteiger partial charge in [0.15, 0.2) is 0 Å². The third-order valence-corrected chi connectivity index (χ3v) is 4.04. The number of aromatic carboxylic acids is 1. The van der Waals surface area contributed by atoms with E-state index in [0.29, 0.717) is 12.4 Å². The molecule has 3 N–H and O–H groups in total. The molecule has 2 amide bonds. The molecule has 7 heteroatoms. The van der Waals surface area contributed by atoms with E-state index in [1.165, 1.54) is 6.20 Å². The van der Waals surface area contributed by atoms with Crippen molar-refractivity contribution in [3.63, 3.8) is 0 Å². The number of carbonyl (C=O) groups is 2. The van der Waals surface area contributed by atoms with Gasteiger partial charge in [-0.15, -0.1) is 0 Å². The fourth-order valence-electron chi connectivity index (χ4n) is 2.64. The van der Waals surface area contributed by atoms with Gasteiger partial charge >= 0.3 is 12.0 Å². The van der Waals surface area contributed by atoms with E-state index in [-0.39, 0.29) is 17.8 Å². The van der Waals surface area contributed by atoms with E-state index in [1.54, 1.807) is 4.90 Å². The molecule has 0 aromatic carbocycles. The zero-order chi connectivity index (χ0) is 15.6. The van der Waals surface area contributed by atoms with Crippen LogP contribution in [-0.4, -0.2) is 44.6 Å². The highest BCUT2D eigenvalue weighted by Crippen LogP contribution is 2.40. The van der Waals surface area contributed by atoms with Crippen LogP contribution in [0.2, 0.25) is 0 Å². The van der Waals surface area contributed by atoms with Crippen LogP contribution >= 0.6 is 0 Å². The number of carboxylic acids is 1. The van der Waals surface area contributed by atoms with Gasteiger partial charge in [0.25, 0.3) is 0 Å². The SMILES string of the molecule is CCN(C(=O)NC1(c2ncc(C(=O)O)[nH]2)CCC1)C(C)C. The Hall–Kier alpha value is -2.05. The Balaban J connectivity index is 2.17. The third-order valence-electron chi connectivity index (χ3n) is 4.04. The first-order valence-electron chi connectivity index (χ1n) is 7.27. The number of carbonyl (C=O) groups excluding carboxylic acids is 1. The standard InChI is InChI=1S/C14H22N4O3/c1-4-18(9(2)3)13(21)17-14(6-5-7-14)12-15-8-10(16-12)11(19)20/h8-9H,4-7H2,1-3H3,(H,15,16)(H,17,21)(H,19,20). The van der Waals surface area contributed by atoms with Gasteiger partial charge in [-0.3, -0.25) is 0 Å². The van der Waals surface area contributed by atoms with Crippen LogP contribution in [0.5, 0.6) is 0 Å². The summed E-state index contributed by atoms with van der Waals surface area (Å²) < 4.78 is 0. The largest absolute Gasteiger partial charge is 0.477 e. The number of nitrogens with one attached hydrogen (secondary N) is 2. The van der Waals surface area contributed by atoms with Crippen molar-refractivity contribution in [1.29, 1.82) is 0 Å². The molecule has 1 fully saturated rings. The van der Waals surface area contributed by atoms with Crippen molar-refractivity contribution >= 4 is 12.0 Å². The molecule has 1 saturated carbocycles. The fourth-order valence-corrected chi connectivity index (χ4v) is 2.64. The number of hydrogen-bond donors (Lipinski definition) is 3. The summed E-state index contributed by atoms with van der Waals surface area (Å²) in [6.45, 7) is 6.48. The molecule has 1 heterocycles. The van der Waals surface area contributed by atoms with Gasteiger partial charge in [-0.2, -0.15) is 0 Å². The summed E-state index contributed by atoms with van der Waals surface area (Å²) in [6, 6.07) is -0.0289. The Morgan fingerprint density at radius 3 is 2.57 bits per heavy atom. The number of carboxylic acid groups (broad SMARTS) is 1. The number of imidazole rings is 1. The molecule has 1 aliphatic rings. The number of H-pyrrole nitrogens is 1. The van der Waals surface area contributed by atoms with E-state index in [2.05, 4.69) is 15.3 Å². The van der Waals surface area contributed by atoms with Gasteiger partial charge in [-0.1, -0.05) is 0 Å². The molecule has 1 aliphatic carbocycles. The first kappa shape index (κ1) is 15.3. The van der Waals surface area contributed by atoms with Crippen LogP contribution in [-0.2, 0) is 5.54 Å². The Bertz CT molecular complexity index is 534. The van der Waals surface area contributed by atoms with E-state index in [9.17, 15) is 9.59 Å². The molecule has 0 spiro atoms. The normalized spacial score (nSPS) is 16.4. The van der Waals surface area contributed by atoms with Gasteiger partial charge < -0.3 is 20.3 Å². The van der Waals surface area contributed by atoms with Crippen LogP contribution in [0, 0.1) is 0 Å². The summed E-state index contributed by atoms with van der Waals surface area (Å²) in [5, 5.41) is 12.0. The number of rotatable bonds is 5. The highest BCUT2D eigenvalue weighted by Gasteiger charge is 2.43. The molecule has 0 saturated heterocycles. The molecule has 2 rings (SSSR count). The lowest BCUT2D eigenvalue weighted by Gasteiger charge is -2.42. The maximum Gasteiger partial charge on any atom is 0.353 e. The Kier molecular flexibility index (Phi) is 4.20. The average molecular weight is 294 g/mol. The highest BCUT2D eigenvalue weighted by molar-refractivity contribution is 5.85.